The van der Waals surface area contributed by atoms with Gasteiger partial charge in [0.05, 0.1) is 22.3 Å². The maximum Gasteiger partial charge on any atom is 0.265 e. The SMILES string of the molecule is Cc1ncsc1C(=O)N1CCC(c2cc(C(=O)Nc3nccs3)c3ccccc3n2)C1. The normalized spacial score (nSPS) is 16.0. The summed E-state index contributed by atoms with van der Waals surface area (Å²) >= 11 is 2.75. The van der Waals surface area contributed by atoms with Crippen molar-refractivity contribution in [1.29, 1.82) is 0 Å². The van der Waals surface area contributed by atoms with Gasteiger partial charge < -0.3 is 4.90 Å². The molecule has 1 unspecified atom stereocenters. The third-order valence-corrected chi connectivity index (χ3v) is 7.07. The molecule has 0 saturated carbocycles. The van der Waals surface area contributed by atoms with E-state index in [0.29, 0.717) is 28.7 Å². The molecule has 156 valence electrons. The summed E-state index contributed by atoms with van der Waals surface area (Å²) in [5.41, 5.74) is 4.64. The minimum absolute atomic E-state index is 0.0185. The minimum atomic E-state index is -0.207. The molecule has 1 atom stereocenters. The number of rotatable bonds is 4. The Hall–Kier alpha value is -3.17. The van der Waals surface area contributed by atoms with Crippen LogP contribution in [0.4, 0.5) is 5.13 Å². The zero-order valence-corrected chi connectivity index (χ0v) is 18.4. The number of amides is 2. The lowest BCUT2D eigenvalue weighted by atomic mass is 9.99. The average molecular weight is 450 g/mol. The van der Waals surface area contributed by atoms with E-state index in [1.165, 1.54) is 22.7 Å². The van der Waals surface area contributed by atoms with Crippen LogP contribution in [0.15, 0.2) is 47.4 Å². The summed E-state index contributed by atoms with van der Waals surface area (Å²) in [5.74, 6) is -0.112. The lowest BCUT2D eigenvalue weighted by molar-refractivity contribution is 0.0794. The zero-order chi connectivity index (χ0) is 21.4. The number of aryl methyl sites for hydroxylation is 1. The fourth-order valence-corrected chi connectivity index (χ4v) is 5.17. The summed E-state index contributed by atoms with van der Waals surface area (Å²) in [6.45, 7) is 3.10. The Morgan fingerprint density at radius 3 is 2.84 bits per heavy atom. The number of carbonyl (C=O) groups is 2. The number of para-hydroxylation sites is 1. The highest BCUT2D eigenvalue weighted by Crippen LogP contribution is 2.31. The van der Waals surface area contributed by atoms with Crippen LogP contribution in [-0.4, -0.2) is 44.8 Å². The first kappa shape index (κ1) is 19.8. The molecule has 5 rings (SSSR count). The first-order valence-electron chi connectivity index (χ1n) is 9.90. The summed E-state index contributed by atoms with van der Waals surface area (Å²) in [5, 5.41) is 6.05. The van der Waals surface area contributed by atoms with Crippen LogP contribution in [0.1, 0.15) is 43.8 Å². The predicted molar refractivity (Wildman–Crippen MR) is 122 cm³/mol. The largest absolute Gasteiger partial charge is 0.337 e. The zero-order valence-electron chi connectivity index (χ0n) is 16.7. The van der Waals surface area contributed by atoms with Crippen molar-refractivity contribution in [1.82, 2.24) is 19.9 Å². The second-order valence-corrected chi connectivity index (χ2v) is 9.16. The van der Waals surface area contributed by atoms with E-state index in [-0.39, 0.29) is 17.7 Å². The van der Waals surface area contributed by atoms with Gasteiger partial charge in [0.15, 0.2) is 5.13 Å². The molecular weight excluding hydrogens is 430 g/mol. The van der Waals surface area contributed by atoms with Crippen LogP contribution in [0.2, 0.25) is 0 Å². The summed E-state index contributed by atoms with van der Waals surface area (Å²) in [7, 11) is 0. The number of likely N-dealkylation sites (tertiary alicyclic amines) is 1. The smallest absolute Gasteiger partial charge is 0.265 e. The summed E-state index contributed by atoms with van der Waals surface area (Å²) in [6.07, 6.45) is 2.47. The Balaban J connectivity index is 1.44. The van der Waals surface area contributed by atoms with Gasteiger partial charge in [-0.05, 0) is 25.5 Å². The Labute approximate surface area is 186 Å². The maximum absolute atomic E-state index is 13.0. The molecule has 0 aliphatic carbocycles. The van der Waals surface area contributed by atoms with Gasteiger partial charge in [-0.1, -0.05) is 18.2 Å². The van der Waals surface area contributed by atoms with E-state index in [2.05, 4.69) is 15.3 Å². The molecule has 1 aliphatic rings. The number of nitrogens with one attached hydrogen (secondary N) is 1. The van der Waals surface area contributed by atoms with Crippen LogP contribution in [0.3, 0.4) is 0 Å². The maximum atomic E-state index is 13.0. The first-order chi connectivity index (χ1) is 15.1. The van der Waals surface area contributed by atoms with Gasteiger partial charge >= 0.3 is 0 Å². The molecule has 1 aliphatic heterocycles. The number of carbonyl (C=O) groups excluding carboxylic acids is 2. The first-order valence-corrected chi connectivity index (χ1v) is 11.7. The Morgan fingerprint density at radius 2 is 2.06 bits per heavy atom. The number of aromatic nitrogens is 3. The van der Waals surface area contributed by atoms with Crippen molar-refractivity contribution in [2.24, 2.45) is 0 Å². The van der Waals surface area contributed by atoms with Crippen molar-refractivity contribution in [2.45, 2.75) is 19.3 Å². The highest BCUT2D eigenvalue weighted by Gasteiger charge is 2.31. The third-order valence-electron chi connectivity index (χ3n) is 5.47. The number of fused-ring (bicyclic) bond motifs is 1. The van der Waals surface area contributed by atoms with Gasteiger partial charge in [-0.3, -0.25) is 19.9 Å². The van der Waals surface area contributed by atoms with Gasteiger partial charge in [0, 0.05) is 41.7 Å². The summed E-state index contributed by atoms with van der Waals surface area (Å²) < 4.78 is 0. The van der Waals surface area contributed by atoms with Gasteiger partial charge in [-0.2, -0.15) is 0 Å². The van der Waals surface area contributed by atoms with Crippen molar-refractivity contribution in [3.05, 3.63) is 69.2 Å². The number of nitrogens with zero attached hydrogens (tertiary/aromatic N) is 4. The summed E-state index contributed by atoms with van der Waals surface area (Å²) in [6, 6.07) is 9.50. The van der Waals surface area contributed by atoms with Gasteiger partial charge in [0.1, 0.15) is 4.88 Å². The highest BCUT2D eigenvalue weighted by molar-refractivity contribution is 7.13. The van der Waals surface area contributed by atoms with Crippen LogP contribution in [-0.2, 0) is 0 Å². The van der Waals surface area contributed by atoms with Crippen molar-refractivity contribution in [2.75, 3.05) is 18.4 Å². The van der Waals surface area contributed by atoms with E-state index in [4.69, 9.17) is 4.98 Å². The molecule has 9 heteroatoms. The van der Waals surface area contributed by atoms with Crippen molar-refractivity contribution >= 4 is 50.5 Å². The summed E-state index contributed by atoms with van der Waals surface area (Å²) in [4.78, 5) is 41.6. The predicted octanol–water partition coefficient (Wildman–Crippen LogP) is 4.34. The lowest BCUT2D eigenvalue weighted by Gasteiger charge is -2.17. The third kappa shape index (κ3) is 3.82. The number of anilines is 1. The molecule has 4 heterocycles. The standard InChI is InChI=1S/C22H19N5O2S2/c1-13-19(31-12-24-13)21(29)27-8-6-14(11-27)18-10-16(15-4-2-3-5-17(15)25-18)20(28)26-22-23-7-9-30-22/h2-5,7,9-10,12,14H,6,8,11H2,1H3,(H,23,26,28). The number of hydrogen-bond acceptors (Lipinski definition) is 7. The number of benzene rings is 1. The molecule has 1 saturated heterocycles. The molecule has 4 aromatic rings. The fourth-order valence-electron chi connectivity index (χ4n) is 3.88. The number of hydrogen-bond donors (Lipinski definition) is 1. The second kappa shape index (κ2) is 8.16. The second-order valence-electron chi connectivity index (χ2n) is 7.41. The molecule has 1 aromatic carbocycles. The van der Waals surface area contributed by atoms with Crippen LogP contribution in [0, 0.1) is 6.92 Å². The van der Waals surface area contributed by atoms with Crippen LogP contribution >= 0.6 is 22.7 Å². The fraction of sp³-hybridized carbons (Fsp3) is 0.227. The molecule has 3 aromatic heterocycles. The van der Waals surface area contributed by atoms with E-state index >= 15 is 0 Å². The van der Waals surface area contributed by atoms with E-state index in [9.17, 15) is 9.59 Å². The molecule has 2 amide bonds. The number of pyridine rings is 1. The van der Waals surface area contributed by atoms with E-state index in [0.717, 1.165) is 28.7 Å². The van der Waals surface area contributed by atoms with Crippen LogP contribution in [0.25, 0.3) is 10.9 Å². The van der Waals surface area contributed by atoms with Crippen molar-refractivity contribution < 1.29 is 9.59 Å². The number of thiazole rings is 2. The topological polar surface area (TPSA) is 88.1 Å². The van der Waals surface area contributed by atoms with Gasteiger partial charge in [0.25, 0.3) is 11.8 Å². The van der Waals surface area contributed by atoms with E-state index < -0.39 is 0 Å². The van der Waals surface area contributed by atoms with Crippen molar-refractivity contribution in [3.8, 4) is 0 Å². The van der Waals surface area contributed by atoms with E-state index in [1.54, 1.807) is 11.7 Å². The molecule has 0 bridgehead atoms. The Bertz CT molecular complexity index is 1270. The Kier molecular flexibility index (Phi) is 5.21. The molecule has 1 N–H and O–H groups in total. The monoisotopic (exact) mass is 449 g/mol. The average Bonchev–Trinajstić information content (AvgIpc) is 3.54. The molecule has 0 spiro atoms. The van der Waals surface area contributed by atoms with Crippen molar-refractivity contribution in [3.63, 3.8) is 0 Å². The Morgan fingerprint density at radius 1 is 1.19 bits per heavy atom. The van der Waals surface area contributed by atoms with Gasteiger partial charge in [-0.15, -0.1) is 22.7 Å². The van der Waals surface area contributed by atoms with Gasteiger partial charge in [0.2, 0.25) is 0 Å². The van der Waals surface area contributed by atoms with E-state index in [1.807, 2.05) is 47.5 Å². The minimum Gasteiger partial charge on any atom is -0.337 e. The molecule has 1 fully saturated rings. The molecule has 31 heavy (non-hydrogen) atoms. The van der Waals surface area contributed by atoms with Gasteiger partial charge in [-0.25, -0.2) is 9.97 Å². The lowest BCUT2D eigenvalue weighted by Crippen LogP contribution is -2.28. The van der Waals surface area contributed by atoms with Crippen LogP contribution in [0.5, 0.6) is 0 Å². The quantitative estimate of drug-likeness (QED) is 0.501. The molecule has 0 radical (unpaired) electrons. The molecule has 7 nitrogen and oxygen atoms in total. The van der Waals surface area contributed by atoms with Crippen LogP contribution < -0.4 is 5.32 Å². The molecular formula is C22H19N5O2S2. The highest BCUT2D eigenvalue weighted by atomic mass is 32.1.